The first-order valence-corrected chi connectivity index (χ1v) is 3.63. The van der Waals surface area contributed by atoms with Crippen LogP contribution in [0.3, 0.4) is 0 Å². The summed E-state index contributed by atoms with van der Waals surface area (Å²) in [6.07, 6.45) is -1.57. The first-order valence-electron chi connectivity index (χ1n) is 3.63. The summed E-state index contributed by atoms with van der Waals surface area (Å²) in [5, 5.41) is 25.8. The number of benzene rings is 1. The van der Waals surface area contributed by atoms with Gasteiger partial charge in [0.25, 0.3) is 0 Å². The van der Waals surface area contributed by atoms with Crippen molar-refractivity contribution in [2.45, 2.75) is 6.29 Å². The number of phenols is 1. The summed E-state index contributed by atoms with van der Waals surface area (Å²) in [4.78, 5) is 9.04. The summed E-state index contributed by atoms with van der Waals surface area (Å²) in [5.74, 6) is 0.339. The van der Waals surface area contributed by atoms with E-state index in [4.69, 9.17) is 15.3 Å². The molecule has 72 valence electrons. The lowest BCUT2D eigenvalue weighted by molar-refractivity contribution is -0.249. The fourth-order valence-corrected chi connectivity index (χ4v) is 0.698. The van der Waals surface area contributed by atoms with Gasteiger partial charge < -0.3 is 20.2 Å². The van der Waals surface area contributed by atoms with Crippen molar-refractivity contribution < 1.29 is 25.1 Å². The van der Waals surface area contributed by atoms with E-state index >= 15 is 0 Å². The first-order chi connectivity index (χ1) is 6.18. The SMILES string of the molecule is Oc1cccc(OOCC(O)O)c1. The van der Waals surface area contributed by atoms with E-state index in [1.807, 2.05) is 0 Å². The molecule has 1 aromatic carbocycles. The minimum absolute atomic E-state index is 0.0469. The van der Waals surface area contributed by atoms with Crippen LogP contribution in [0.1, 0.15) is 0 Å². The summed E-state index contributed by atoms with van der Waals surface area (Å²) >= 11 is 0. The van der Waals surface area contributed by atoms with Gasteiger partial charge in [-0.05, 0) is 12.1 Å². The molecule has 0 aromatic heterocycles. The van der Waals surface area contributed by atoms with Crippen LogP contribution in [0.25, 0.3) is 0 Å². The van der Waals surface area contributed by atoms with Gasteiger partial charge in [0.05, 0.1) is 0 Å². The van der Waals surface area contributed by atoms with E-state index in [2.05, 4.69) is 9.78 Å². The number of aliphatic hydroxyl groups is 2. The molecule has 0 amide bonds. The van der Waals surface area contributed by atoms with Crippen LogP contribution >= 0.6 is 0 Å². The number of hydrogen-bond acceptors (Lipinski definition) is 5. The van der Waals surface area contributed by atoms with E-state index in [-0.39, 0.29) is 12.4 Å². The predicted octanol–water partition coefficient (Wildman–Crippen LogP) is 0.0133. The van der Waals surface area contributed by atoms with Gasteiger partial charge in [-0.25, -0.2) is 0 Å². The second-order valence-electron chi connectivity index (χ2n) is 2.35. The molecule has 5 nitrogen and oxygen atoms in total. The van der Waals surface area contributed by atoms with Crippen molar-refractivity contribution in [1.29, 1.82) is 0 Å². The Kier molecular flexibility index (Phi) is 3.51. The molecule has 0 bridgehead atoms. The maximum atomic E-state index is 8.99. The molecule has 0 heterocycles. The van der Waals surface area contributed by atoms with Crippen molar-refractivity contribution in [3.63, 3.8) is 0 Å². The molecular formula is C8H10O5. The van der Waals surface area contributed by atoms with Crippen LogP contribution < -0.4 is 4.89 Å². The van der Waals surface area contributed by atoms with Gasteiger partial charge in [0.1, 0.15) is 12.4 Å². The van der Waals surface area contributed by atoms with Crippen molar-refractivity contribution in [2.24, 2.45) is 0 Å². The van der Waals surface area contributed by atoms with Crippen LogP contribution in [0, 0.1) is 0 Å². The molecule has 0 unspecified atom stereocenters. The summed E-state index contributed by atoms with van der Waals surface area (Å²) in [6, 6.07) is 5.95. The van der Waals surface area contributed by atoms with Gasteiger partial charge in [0.15, 0.2) is 12.0 Å². The van der Waals surface area contributed by atoms with E-state index < -0.39 is 6.29 Å². The fourth-order valence-electron chi connectivity index (χ4n) is 0.698. The van der Waals surface area contributed by atoms with E-state index in [0.29, 0.717) is 5.75 Å². The molecule has 0 saturated heterocycles. The van der Waals surface area contributed by atoms with Crippen LogP contribution in [0.2, 0.25) is 0 Å². The molecule has 13 heavy (non-hydrogen) atoms. The molecule has 3 N–H and O–H groups in total. The Morgan fingerprint density at radius 2 is 2.08 bits per heavy atom. The van der Waals surface area contributed by atoms with Gasteiger partial charge in [-0.1, -0.05) is 6.07 Å². The maximum absolute atomic E-state index is 8.99. The molecule has 0 aliphatic rings. The molecule has 0 radical (unpaired) electrons. The fraction of sp³-hybridized carbons (Fsp3) is 0.250. The van der Waals surface area contributed by atoms with E-state index in [9.17, 15) is 0 Å². The summed E-state index contributed by atoms with van der Waals surface area (Å²) in [5.41, 5.74) is 0. The summed E-state index contributed by atoms with van der Waals surface area (Å²) in [7, 11) is 0. The van der Waals surface area contributed by atoms with E-state index in [1.165, 1.54) is 12.1 Å². The van der Waals surface area contributed by atoms with E-state index in [0.717, 1.165) is 0 Å². The molecule has 0 aliphatic heterocycles. The highest BCUT2D eigenvalue weighted by molar-refractivity contribution is 5.31. The zero-order valence-corrected chi connectivity index (χ0v) is 6.75. The number of aromatic hydroxyl groups is 1. The van der Waals surface area contributed by atoms with E-state index in [1.54, 1.807) is 12.1 Å². The van der Waals surface area contributed by atoms with Crippen molar-refractivity contribution in [2.75, 3.05) is 6.61 Å². The zero-order chi connectivity index (χ0) is 9.68. The minimum Gasteiger partial charge on any atom is -0.508 e. The zero-order valence-electron chi connectivity index (χ0n) is 6.75. The summed E-state index contributed by atoms with van der Waals surface area (Å²) < 4.78 is 0. The van der Waals surface area contributed by atoms with Crippen LogP contribution in [0.15, 0.2) is 24.3 Å². The lowest BCUT2D eigenvalue weighted by Gasteiger charge is -2.05. The Bertz CT molecular complexity index is 260. The van der Waals surface area contributed by atoms with Gasteiger partial charge in [-0.2, -0.15) is 4.89 Å². The van der Waals surface area contributed by atoms with Gasteiger partial charge >= 0.3 is 0 Å². The Labute approximate surface area is 74.7 Å². The highest BCUT2D eigenvalue weighted by Gasteiger charge is 1.99. The normalized spacial score (nSPS) is 10.4. The van der Waals surface area contributed by atoms with Crippen LogP contribution in [-0.2, 0) is 4.89 Å². The first kappa shape index (κ1) is 9.79. The Hall–Kier alpha value is -1.30. The molecule has 1 rings (SSSR count). The average molecular weight is 186 g/mol. The van der Waals surface area contributed by atoms with Gasteiger partial charge in [0, 0.05) is 6.07 Å². The maximum Gasteiger partial charge on any atom is 0.179 e. The third kappa shape index (κ3) is 3.75. The molecule has 0 atom stereocenters. The van der Waals surface area contributed by atoms with Crippen LogP contribution in [0.4, 0.5) is 0 Å². The molecule has 5 heteroatoms. The Balaban J connectivity index is 2.37. The molecule has 0 saturated carbocycles. The van der Waals surface area contributed by atoms with Gasteiger partial charge in [-0.15, -0.1) is 0 Å². The second-order valence-corrected chi connectivity index (χ2v) is 2.35. The smallest absolute Gasteiger partial charge is 0.179 e. The van der Waals surface area contributed by atoms with Crippen LogP contribution in [-0.4, -0.2) is 28.2 Å². The number of rotatable bonds is 4. The minimum atomic E-state index is -1.57. The van der Waals surface area contributed by atoms with Crippen molar-refractivity contribution in [3.8, 4) is 11.5 Å². The standard InChI is InChI=1S/C8H10O5/c9-6-2-1-3-7(4-6)13-12-5-8(10)11/h1-4,8-11H,5H2. The lowest BCUT2D eigenvalue weighted by atomic mass is 10.3. The molecule has 0 fully saturated rings. The molecular weight excluding hydrogens is 176 g/mol. The van der Waals surface area contributed by atoms with Gasteiger partial charge in [0.2, 0.25) is 0 Å². The number of hydrogen-bond donors (Lipinski definition) is 3. The molecule has 0 spiro atoms. The molecule has 0 aliphatic carbocycles. The quantitative estimate of drug-likeness (QED) is 0.351. The number of aliphatic hydroxyl groups excluding tert-OH is 1. The largest absolute Gasteiger partial charge is 0.508 e. The topological polar surface area (TPSA) is 79.2 Å². The van der Waals surface area contributed by atoms with Crippen LogP contribution in [0.5, 0.6) is 11.5 Å². The highest BCUT2D eigenvalue weighted by atomic mass is 17.2. The third-order valence-electron chi connectivity index (χ3n) is 1.19. The van der Waals surface area contributed by atoms with Crippen molar-refractivity contribution >= 4 is 0 Å². The van der Waals surface area contributed by atoms with Crippen molar-refractivity contribution in [1.82, 2.24) is 0 Å². The third-order valence-corrected chi connectivity index (χ3v) is 1.19. The van der Waals surface area contributed by atoms with Gasteiger partial charge in [-0.3, -0.25) is 0 Å². The average Bonchev–Trinajstić information content (AvgIpc) is 2.03. The Morgan fingerprint density at radius 1 is 1.31 bits per heavy atom. The summed E-state index contributed by atoms with van der Waals surface area (Å²) in [6.45, 7) is -0.352. The monoisotopic (exact) mass is 186 g/mol. The predicted molar refractivity (Wildman–Crippen MR) is 42.9 cm³/mol. The number of phenolic OH excluding ortho intramolecular Hbond substituents is 1. The van der Waals surface area contributed by atoms with Crippen molar-refractivity contribution in [3.05, 3.63) is 24.3 Å². The Morgan fingerprint density at radius 3 is 2.69 bits per heavy atom. The second kappa shape index (κ2) is 4.66. The highest BCUT2D eigenvalue weighted by Crippen LogP contribution is 2.17. The lowest BCUT2D eigenvalue weighted by Crippen LogP contribution is -2.15. The molecule has 1 aromatic rings.